The second-order valence-electron chi connectivity index (χ2n) is 3.07. The van der Waals surface area contributed by atoms with Gasteiger partial charge in [-0.1, -0.05) is 27.3 Å². The van der Waals surface area contributed by atoms with Crippen molar-refractivity contribution in [1.82, 2.24) is 14.5 Å². The Labute approximate surface area is 111 Å². The van der Waals surface area contributed by atoms with Gasteiger partial charge in [-0.05, 0) is 0 Å². The van der Waals surface area contributed by atoms with E-state index in [1.165, 1.54) is 18.3 Å². The van der Waals surface area contributed by atoms with Crippen molar-refractivity contribution in [1.29, 1.82) is 0 Å². The zero-order chi connectivity index (χ0) is 13.1. The quantitative estimate of drug-likeness (QED) is 0.621. The van der Waals surface area contributed by atoms with Crippen molar-refractivity contribution in [2.75, 3.05) is 24.2 Å². The van der Waals surface area contributed by atoms with Crippen LogP contribution in [-0.2, 0) is 14.8 Å². The monoisotopic (exact) mass is 342 g/mol. The summed E-state index contributed by atoms with van der Waals surface area (Å²) < 4.78 is 24.9. The van der Waals surface area contributed by atoms with Crippen molar-refractivity contribution in [2.45, 2.75) is 11.3 Å². The zero-order valence-corrected chi connectivity index (χ0v) is 12.4. The predicted molar refractivity (Wildman–Crippen MR) is 67.8 cm³/mol. The SMILES string of the molecule is CC(=O)Nc1nnc(S(=O)(=O)N(C)CCBr)s1. The Balaban J connectivity index is 2.92. The van der Waals surface area contributed by atoms with Crippen LogP contribution in [0.25, 0.3) is 0 Å². The highest BCUT2D eigenvalue weighted by Crippen LogP contribution is 2.22. The van der Waals surface area contributed by atoms with Gasteiger partial charge >= 0.3 is 0 Å². The van der Waals surface area contributed by atoms with Crippen LogP contribution in [0.15, 0.2) is 4.34 Å². The number of hydrogen-bond donors (Lipinski definition) is 1. The number of nitrogens with one attached hydrogen (secondary N) is 1. The molecule has 1 aromatic rings. The van der Waals surface area contributed by atoms with Gasteiger partial charge in [-0.2, -0.15) is 4.31 Å². The molecule has 0 radical (unpaired) electrons. The molecule has 0 saturated heterocycles. The zero-order valence-electron chi connectivity index (χ0n) is 9.18. The number of aromatic nitrogens is 2. The molecule has 0 aliphatic carbocycles. The summed E-state index contributed by atoms with van der Waals surface area (Å²) in [4.78, 5) is 10.8. The molecule has 0 aromatic carbocycles. The molecule has 96 valence electrons. The Bertz CT molecular complexity index is 501. The van der Waals surface area contributed by atoms with Crippen LogP contribution in [0.4, 0.5) is 5.13 Å². The lowest BCUT2D eigenvalue weighted by molar-refractivity contribution is -0.114. The van der Waals surface area contributed by atoms with Crippen LogP contribution < -0.4 is 5.32 Å². The molecular formula is C7H11BrN4O3S2. The fourth-order valence-corrected chi connectivity index (χ4v) is 3.96. The smallest absolute Gasteiger partial charge is 0.272 e. The Kier molecular flexibility index (Phi) is 4.98. The maximum Gasteiger partial charge on any atom is 0.272 e. The lowest BCUT2D eigenvalue weighted by atomic mass is 10.7. The number of alkyl halides is 1. The summed E-state index contributed by atoms with van der Waals surface area (Å²) in [6, 6.07) is 0. The minimum atomic E-state index is -3.62. The number of carbonyl (C=O) groups excluding carboxylic acids is 1. The molecule has 0 aliphatic heterocycles. The van der Waals surface area contributed by atoms with Gasteiger partial charge in [-0.25, -0.2) is 8.42 Å². The summed E-state index contributed by atoms with van der Waals surface area (Å²) in [7, 11) is -2.16. The van der Waals surface area contributed by atoms with E-state index in [0.29, 0.717) is 11.9 Å². The van der Waals surface area contributed by atoms with E-state index in [0.717, 1.165) is 11.3 Å². The molecule has 0 aliphatic rings. The molecule has 17 heavy (non-hydrogen) atoms. The van der Waals surface area contributed by atoms with Gasteiger partial charge in [0.2, 0.25) is 15.4 Å². The minimum Gasteiger partial charge on any atom is -0.301 e. The lowest BCUT2D eigenvalue weighted by Gasteiger charge is -2.12. The van der Waals surface area contributed by atoms with Crippen molar-refractivity contribution in [3.05, 3.63) is 0 Å². The number of hydrogen-bond acceptors (Lipinski definition) is 6. The molecular weight excluding hydrogens is 332 g/mol. The second kappa shape index (κ2) is 5.85. The average molecular weight is 343 g/mol. The van der Waals surface area contributed by atoms with E-state index < -0.39 is 10.0 Å². The van der Waals surface area contributed by atoms with Crippen LogP contribution in [0.3, 0.4) is 0 Å². The Morgan fingerprint density at radius 3 is 2.71 bits per heavy atom. The first kappa shape index (κ1) is 14.5. The van der Waals surface area contributed by atoms with Crippen LogP contribution >= 0.6 is 27.3 Å². The third kappa shape index (κ3) is 3.69. The highest BCUT2D eigenvalue weighted by molar-refractivity contribution is 9.09. The van der Waals surface area contributed by atoms with Crippen molar-refractivity contribution in [2.24, 2.45) is 0 Å². The van der Waals surface area contributed by atoms with E-state index >= 15 is 0 Å². The Morgan fingerprint density at radius 1 is 1.53 bits per heavy atom. The number of carbonyl (C=O) groups is 1. The van der Waals surface area contributed by atoms with E-state index in [-0.39, 0.29) is 15.4 Å². The van der Waals surface area contributed by atoms with E-state index in [4.69, 9.17) is 0 Å². The number of halogens is 1. The van der Waals surface area contributed by atoms with Crippen LogP contribution in [0, 0.1) is 0 Å². The first-order valence-electron chi connectivity index (χ1n) is 4.51. The topological polar surface area (TPSA) is 92.3 Å². The van der Waals surface area contributed by atoms with Gasteiger partial charge in [0.15, 0.2) is 0 Å². The summed E-state index contributed by atoms with van der Waals surface area (Å²) in [5.41, 5.74) is 0. The van der Waals surface area contributed by atoms with Crippen LogP contribution in [0.1, 0.15) is 6.92 Å². The molecule has 0 spiro atoms. The standard InChI is InChI=1S/C7H11BrN4O3S2/c1-5(13)9-6-10-11-7(16-6)17(14,15)12(2)4-3-8/h3-4H2,1-2H3,(H,9,10,13). The summed E-state index contributed by atoms with van der Waals surface area (Å²) >= 11 is 3.98. The molecule has 0 saturated carbocycles. The normalized spacial score (nSPS) is 11.8. The summed E-state index contributed by atoms with van der Waals surface area (Å²) in [6.07, 6.45) is 0. The molecule has 0 unspecified atom stereocenters. The largest absolute Gasteiger partial charge is 0.301 e. The van der Waals surface area contributed by atoms with Crippen LogP contribution in [-0.4, -0.2) is 47.8 Å². The van der Waals surface area contributed by atoms with E-state index in [1.807, 2.05) is 0 Å². The lowest BCUT2D eigenvalue weighted by Crippen LogP contribution is -2.28. The maximum absolute atomic E-state index is 11.9. The first-order chi connectivity index (χ1) is 7.87. The predicted octanol–water partition coefficient (Wildman–Crippen LogP) is 0.512. The van der Waals surface area contributed by atoms with Gasteiger partial charge in [0.1, 0.15) is 0 Å². The summed E-state index contributed by atoms with van der Waals surface area (Å²) in [5.74, 6) is -0.320. The molecule has 0 atom stereocenters. The Morgan fingerprint density at radius 2 is 2.18 bits per heavy atom. The van der Waals surface area contributed by atoms with Gasteiger partial charge < -0.3 is 5.32 Å². The van der Waals surface area contributed by atoms with E-state index in [9.17, 15) is 13.2 Å². The summed E-state index contributed by atoms with van der Waals surface area (Å²) in [5, 5.41) is 10.2. The highest BCUT2D eigenvalue weighted by Gasteiger charge is 2.25. The molecule has 1 N–H and O–H groups in total. The maximum atomic E-state index is 11.9. The van der Waals surface area contributed by atoms with Gasteiger partial charge in [0.05, 0.1) is 0 Å². The molecule has 10 heteroatoms. The van der Waals surface area contributed by atoms with E-state index in [1.54, 1.807) is 0 Å². The number of amides is 1. The molecule has 1 heterocycles. The highest BCUT2D eigenvalue weighted by atomic mass is 79.9. The van der Waals surface area contributed by atoms with Crippen LogP contribution in [0.5, 0.6) is 0 Å². The molecule has 1 amide bonds. The Hall–Kier alpha value is -0.580. The number of sulfonamides is 1. The molecule has 0 fully saturated rings. The first-order valence-corrected chi connectivity index (χ1v) is 7.89. The van der Waals surface area contributed by atoms with Crippen molar-refractivity contribution in [3.8, 4) is 0 Å². The van der Waals surface area contributed by atoms with Gasteiger partial charge in [0, 0.05) is 25.8 Å². The fraction of sp³-hybridized carbons (Fsp3) is 0.571. The van der Waals surface area contributed by atoms with Crippen molar-refractivity contribution < 1.29 is 13.2 Å². The third-order valence-electron chi connectivity index (χ3n) is 1.72. The molecule has 7 nitrogen and oxygen atoms in total. The van der Waals surface area contributed by atoms with Crippen LogP contribution in [0.2, 0.25) is 0 Å². The number of anilines is 1. The second-order valence-corrected chi connectivity index (χ2v) is 7.06. The number of rotatable bonds is 5. The number of nitrogens with zero attached hydrogens (tertiary/aromatic N) is 3. The molecule has 1 aromatic heterocycles. The molecule has 0 bridgehead atoms. The van der Waals surface area contributed by atoms with Gasteiger partial charge in [0.25, 0.3) is 10.0 Å². The molecule has 1 rings (SSSR count). The van der Waals surface area contributed by atoms with Crippen molar-refractivity contribution >= 4 is 48.3 Å². The van der Waals surface area contributed by atoms with Gasteiger partial charge in [-0.3, -0.25) is 4.79 Å². The fourth-order valence-electron chi connectivity index (χ4n) is 0.888. The average Bonchev–Trinajstić information content (AvgIpc) is 2.66. The van der Waals surface area contributed by atoms with Crippen molar-refractivity contribution in [3.63, 3.8) is 0 Å². The minimum absolute atomic E-state index is 0.135. The van der Waals surface area contributed by atoms with E-state index in [2.05, 4.69) is 31.4 Å². The summed E-state index contributed by atoms with van der Waals surface area (Å²) in [6.45, 7) is 1.64. The third-order valence-corrected chi connectivity index (χ3v) is 5.12. The van der Waals surface area contributed by atoms with Gasteiger partial charge in [-0.15, -0.1) is 10.2 Å².